The molecule has 3 aromatic carbocycles. The van der Waals surface area contributed by atoms with E-state index >= 15 is 0 Å². The Morgan fingerprint density at radius 2 is 1.57 bits per heavy atom. The summed E-state index contributed by atoms with van der Waals surface area (Å²) in [5, 5.41) is 0.432. The maximum Gasteiger partial charge on any atom is 0.290 e. The van der Waals surface area contributed by atoms with Crippen molar-refractivity contribution in [3.8, 4) is 0 Å². The molecule has 0 unspecified atom stereocenters. The normalized spacial score (nSPS) is 15.6. The molecule has 0 saturated heterocycles. The van der Waals surface area contributed by atoms with Gasteiger partial charge in [0.25, 0.3) is 5.91 Å². The van der Waals surface area contributed by atoms with Crippen molar-refractivity contribution in [1.29, 1.82) is 0 Å². The third-order valence-corrected chi connectivity index (χ3v) is 5.54. The predicted octanol–water partition coefficient (Wildman–Crippen LogP) is 4.72. The molecule has 148 valence electrons. The summed E-state index contributed by atoms with van der Waals surface area (Å²) in [4.78, 5) is 28.3. The van der Waals surface area contributed by atoms with Crippen LogP contribution in [0.1, 0.15) is 33.3 Å². The second-order valence-corrected chi connectivity index (χ2v) is 7.36. The highest BCUT2D eigenvalue weighted by atomic mass is 19.1. The number of fused-ring (bicyclic) bond motifs is 2. The molecule has 30 heavy (non-hydrogen) atoms. The molecule has 1 atom stereocenters. The van der Waals surface area contributed by atoms with Gasteiger partial charge in [-0.3, -0.25) is 9.59 Å². The van der Waals surface area contributed by atoms with Gasteiger partial charge in [0.1, 0.15) is 11.4 Å². The number of carbonyl (C=O) groups excluding carboxylic acids is 1. The first-order valence-corrected chi connectivity index (χ1v) is 9.79. The van der Waals surface area contributed by atoms with Crippen molar-refractivity contribution in [2.24, 2.45) is 0 Å². The van der Waals surface area contributed by atoms with Crippen molar-refractivity contribution < 1.29 is 13.6 Å². The Kier molecular flexibility index (Phi) is 4.43. The van der Waals surface area contributed by atoms with Crippen LogP contribution in [0.4, 0.5) is 4.39 Å². The Bertz CT molecular complexity index is 1300. The van der Waals surface area contributed by atoms with Crippen molar-refractivity contribution in [3.63, 3.8) is 0 Å². The Labute approximate surface area is 172 Å². The van der Waals surface area contributed by atoms with Crippen molar-refractivity contribution in [2.75, 3.05) is 6.54 Å². The lowest BCUT2D eigenvalue weighted by Gasteiger charge is -2.25. The van der Waals surface area contributed by atoms with Crippen LogP contribution < -0.4 is 5.43 Å². The van der Waals surface area contributed by atoms with E-state index in [2.05, 4.69) is 0 Å². The number of rotatable bonds is 4. The highest BCUT2D eigenvalue weighted by Gasteiger charge is 2.42. The number of hydrogen-bond donors (Lipinski definition) is 0. The maximum absolute atomic E-state index is 13.5. The molecule has 0 bridgehead atoms. The number of para-hydroxylation sites is 1. The van der Waals surface area contributed by atoms with Gasteiger partial charge < -0.3 is 9.32 Å². The molecule has 4 nitrogen and oxygen atoms in total. The van der Waals surface area contributed by atoms with Crippen LogP contribution in [0.5, 0.6) is 0 Å². The molecule has 0 fully saturated rings. The average Bonchev–Trinajstić information content (AvgIpc) is 3.06. The lowest BCUT2D eigenvalue weighted by atomic mass is 9.98. The molecule has 1 aromatic heterocycles. The first-order chi connectivity index (χ1) is 14.6. The molecule has 5 heteroatoms. The summed E-state index contributed by atoms with van der Waals surface area (Å²) in [5.74, 6) is -0.621. The Morgan fingerprint density at radius 1 is 0.867 bits per heavy atom. The maximum atomic E-state index is 13.5. The van der Waals surface area contributed by atoms with Gasteiger partial charge in [0.15, 0.2) is 5.43 Å². The molecular formula is C25H18FNO3. The van der Waals surface area contributed by atoms with Crippen LogP contribution in [0.15, 0.2) is 88.1 Å². The van der Waals surface area contributed by atoms with Gasteiger partial charge in [-0.2, -0.15) is 0 Å². The summed E-state index contributed by atoms with van der Waals surface area (Å²) in [7, 11) is 0. The van der Waals surface area contributed by atoms with Crippen molar-refractivity contribution in [1.82, 2.24) is 4.90 Å². The van der Waals surface area contributed by atoms with Crippen molar-refractivity contribution >= 4 is 16.9 Å². The first-order valence-electron chi connectivity index (χ1n) is 9.79. The van der Waals surface area contributed by atoms with Gasteiger partial charge in [-0.1, -0.05) is 54.6 Å². The Morgan fingerprint density at radius 3 is 2.33 bits per heavy atom. The molecular weight excluding hydrogens is 381 g/mol. The standard InChI is InChI=1S/C25H18FNO3/c26-18-12-10-17(11-13-18)22-21-23(28)19-8-4-5-9-20(19)30-24(21)25(29)27(22)15-14-16-6-2-1-3-7-16/h1-13,22H,14-15H2/t22-/m1/s1. The second kappa shape index (κ2) is 7.26. The minimum absolute atomic E-state index is 0.0705. The number of halogens is 1. The van der Waals surface area contributed by atoms with E-state index in [0.29, 0.717) is 35.1 Å². The van der Waals surface area contributed by atoms with Gasteiger partial charge in [0.2, 0.25) is 5.76 Å². The number of carbonyl (C=O) groups is 1. The molecule has 1 amide bonds. The molecule has 0 saturated carbocycles. The molecule has 4 aromatic rings. The minimum Gasteiger partial charge on any atom is -0.450 e. The van der Waals surface area contributed by atoms with E-state index in [4.69, 9.17) is 4.42 Å². The van der Waals surface area contributed by atoms with Crippen LogP contribution in [0.3, 0.4) is 0 Å². The van der Waals surface area contributed by atoms with E-state index in [0.717, 1.165) is 5.56 Å². The summed E-state index contributed by atoms with van der Waals surface area (Å²) in [5.41, 5.74) is 2.25. The molecule has 0 radical (unpaired) electrons. The van der Waals surface area contributed by atoms with Crippen LogP contribution in [0, 0.1) is 5.82 Å². The van der Waals surface area contributed by atoms with Gasteiger partial charge in [-0.15, -0.1) is 0 Å². The van der Waals surface area contributed by atoms with Crippen LogP contribution in [-0.4, -0.2) is 17.4 Å². The molecule has 0 aliphatic carbocycles. The highest BCUT2D eigenvalue weighted by Crippen LogP contribution is 2.38. The minimum atomic E-state index is -0.613. The lowest BCUT2D eigenvalue weighted by Crippen LogP contribution is -2.31. The van der Waals surface area contributed by atoms with Crippen molar-refractivity contribution in [2.45, 2.75) is 12.5 Å². The Hall–Kier alpha value is -3.73. The highest BCUT2D eigenvalue weighted by molar-refractivity contribution is 5.99. The summed E-state index contributed by atoms with van der Waals surface area (Å²) in [6, 6.07) is 22.1. The molecule has 1 aliphatic rings. The van der Waals surface area contributed by atoms with E-state index in [-0.39, 0.29) is 22.9 Å². The zero-order valence-corrected chi connectivity index (χ0v) is 16.0. The van der Waals surface area contributed by atoms with Crippen LogP contribution in [0.25, 0.3) is 11.0 Å². The SMILES string of the molecule is O=C1c2oc3ccccc3c(=O)c2[C@@H](c2ccc(F)cc2)N1CCc1ccccc1. The number of hydrogen-bond acceptors (Lipinski definition) is 3. The zero-order valence-electron chi connectivity index (χ0n) is 16.0. The quantitative estimate of drug-likeness (QED) is 0.499. The fourth-order valence-corrected chi connectivity index (χ4v) is 4.08. The third kappa shape index (κ3) is 2.99. The molecule has 0 N–H and O–H groups in total. The van der Waals surface area contributed by atoms with Crippen LogP contribution in [0.2, 0.25) is 0 Å². The fourth-order valence-electron chi connectivity index (χ4n) is 4.08. The second-order valence-electron chi connectivity index (χ2n) is 7.36. The van der Waals surface area contributed by atoms with Gasteiger partial charge >= 0.3 is 0 Å². The van der Waals surface area contributed by atoms with E-state index in [1.807, 2.05) is 30.3 Å². The predicted molar refractivity (Wildman–Crippen MR) is 112 cm³/mol. The number of amides is 1. The summed E-state index contributed by atoms with van der Waals surface area (Å²) in [6.45, 7) is 0.408. The summed E-state index contributed by atoms with van der Waals surface area (Å²) < 4.78 is 19.4. The van der Waals surface area contributed by atoms with Gasteiger partial charge in [0, 0.05) is 6.54 Å². The first kappa shape index (κ1) is 18.3. The smallest absolute Gasteiger partial charge is 0.290 e. The largest absolute Gasteiger partial charge is 0.450 e. The van der Waals surface area contributed by atoms with Gasteiger partial charge in [-0.05, 0) is 41.8 Å². The van der Waals surface area contributed by atoms with Gasteiger partial charge in [-0.25, -0.2) is 4.39 Å². The fraction of sp³-hybridized carbons (Fsp3) is 0.120. The molecule has 5 rings (SSSR count). The van der Waals surface area contributed by atoms with E-state index in [1.54, 1.807) is 41.3 Å². The van der Waals surface area contributed by atoms with Crippen LogP contribution >= 0.6 is 0 Å². The monoisotopic (exact) mass is 399 g/mol. The van der Waals surface area contributed by atoms with Crippen LogP contribution in [-0.2, 0) is 6.42 Å². The number of benzene rings is 3. The van der Waals surface area contributed by atoms with E-state index in [1.165, 1.54) is 12.1 Å². The van der Waals surface area contributed by atoms with Crippen molar-refractivity contribution in [3.05, 3.63) is 117 Å². The lowest BCUT2D eigenvalue weighted by molar-refractivity contribution is 0.0730. The Balaban J connectivity index is 1.64. The number of nitrogens with zero attached hydrogens (tertiary/aromatic N) is 1. The van der Waals surface area contributed by atoms with Gasteiger partial charge in [0.05, 0.1) is 17.0 Å². The summed E-state index contributed by atoms with van der Waals surface area (Å²) in [6.07, 6.45) is 0.631. The topological polar surface area (TPSA) is 50.5 Å². The zero-order chi connectivity index (χ0) is 20.7. The van der Waals surface area contributed by atoms with E-state index in [9.17, 15) is 14.0 Å². The molecule has 1 aliphatic heterocycles. The summed E-state index contributed by atoms with van der Waals surface area (Å²) >= 11 is 0. The van der Waals surface area contributed by atoms with E-state index < -0.39 is 6.04 Å². The average molecular weight is 399 g/mol. The molecule has 0 spiro atoms. The molecule has 2 heterocycles. The third-order valence-electron chi connectivity index (χ3n) is 5.54.